The Morgan fingerprint density at radius 1 is 1.10 bits per heavy atom. The normalized spacial score (nSPS) is 12.1. The molecule has 1 aliphatic heterocycles. The van der Waals surface area contributed by atoms with E-state index in [-0.39, 0.29) is 12.4 Å². The molecule has 0 atom stereocenters. The molecular formula is C16H12Cl2N2S. The van der Waals surface area contributed by atoms with Crippen LogP contribution in [0.2, 0.25) is 5.02 Å². The van der Waals surface area contributed by atoms with Crippen molar-refractivity contribution in [1.82, 2.24) is 0 Å². The zero-order valence-corrected chi connectivity index (χ0v) is 13.6. The van der Waals surface area contributed by atoms with Gasteiger partial charge in [-0.2, -0.15) is 4.57 Å². The lowest BCUT2D eigenvalue weighted by molar-refractivity contribution is -0.646. The first-order valence-corrected chi connectivity index (χ1v) is 7.57. The fourth-order valence-corrected chi connectivity index (χ4v) is 3.94. The van der Waals surface area contributed by atoms with Crippen molar-refractivity contribution in [2.45, 2.75) is 9.79 Å². The predicted molar refractivity (Wildman–Crippen MR) is 84.0 cm³/mol. The number of halogens is 2. The Balaban J connectivity index is 0.00000132. The molecule has 2 nitrogen and oxygen atoms in total. The second-order valence-corrected chi connectivity index (χ2v) is 6.38. The van der Waals surface area contributed by atoms with Gasteiger partial charge in [-0.3, -0.25) is 0 Å². The Morgan fingerprint density at radius 2 is 1.90 bits per heavy atom. The maximum atomic E-state index is 6.08. The molecule has 0 fully saturated rings. The monoisotopic (exact) mass is 334 g/mol. The van der Waals surface area contributed by atoms with Gasteiger partial charge in [0.2, 0.25) is 5.52 Å². The summed E-state index contributed by atoms with van der Waals surface area (Å²) in [6.07, 6.45) is 2.17. The predicted octanol–water partition coefficient (Wildman–Crippen LogP) is 1.53. The Hall–Kier alpha value is -1.42. The lowest BCUT2D eigenvalue weighted by Crippen LogP contribution is -3.00. The number of pyridine rings is 1. The molecule has 0 bridgehead atoms. The molecule has 3 aromatic rings. The van der Waals surface area contributed by atoms with Gasteiger partial charge in [0.25, 0.3) is 0 Å². The minimum absolute atomic E-state index is 0. The maximum Gasteiger partial charge on any atom is 0.214 e. The molecule has 0 amide bonds. The summed E-state index contributed by atoms with van der Waals surface area (Å²) in [6.45, 7) is 0. The fraction of sp³-hybridized carbons (Fsp3) is 0.0625. The van der Waals surface area contributed by atoms with Gasteiger partial charge in [-0.05, 0) is 24.3 Å². The Labute approximate surface area is 138 Å². The molecule has 21 heavy (non-hydrogen) atoms. The molecule has 1 N–H and O–H groups in total. The minimum Gasteiger partial charge on any atom is -1.00 e. The van der Waals surface area contributed by atoms with Crippen molar-refractivity contribution >= 4 is 45.6 Å². The quantitative estimate of drug-likeness (QED) is 0.491. The molecule has 5 heteroatoms. The van der Waals surface area contributed by atoms with Crippen LogP contribution in [-0.2, 0) is 7.05 Å². The number of aromatic nitrogens is 1. The first-order valence-electron chi connectivity index (χ1n) is 6.38. The molecule has 0 saturated heterocycles. The molecule has 4 rings (SSSR count). The van der Waals surface area contributed by atoms with E-state index in [0.717, 1.165) is 10.7 Å². The van der Waals surface area contributed by atoms with E-state index in [1.165, 1.54) is 26.4 Å². The van der Waals surface area contributed by atoms with Gasteiger partial charge in [0, 0.05) is 16.0 Å². The number of hydrogen-bond acceptors (Lipinski definition) is 2. The van der Waals surface area contributed by atoms with Gasteiger partial charge in [-0.25, -0.2) is 0 Å². The third-order valence-corrected chi connectivity index (χ3v) is 4.86. The van der Waals surface area contributed by atoms with Crippen LogP contribution in [0.25, 0.3) is 10.9 Å². The topological polar surface area (TPSA) is 15.9 Å². The summed E-state index contributed by atoms with van der Waals surface area (Å²) in [7, 11) is 2.08. The number of aryl methyl sites for hydroxylation is 1. The number of benzene rings is 2. The minimum atomic E-state index is 0. The summed E-state index contributed by atoms with van der Waals surface area (Å²) in [6, 6.07) is 14.4. The van der Waals surface area contributed by atoms with Crippen molar-refractivity contribution in [3.8, 4) is 0 Å². The van der Waals surface area contributed by atoms with Crippen LogP contribution >= 0.6 is 23.4 Å². The van der Waals surface area contributed by atoms with Crippen LogP contribution < -0.4 is 22.3 Å². The lowest BCUT2D eigenvalue weighted by atomic mass is 10.1. The number of para-hydroxylation sites is 1. The molecule has 0 unspecified atom stereocenters. The van der Waals surface area contributed by atoms with Crippen molar-refractivity contribution in [1.29, 1.82) is 0 Å². The first kappa shape index (κ1) is 14.5. The Kier molecular flexibility index (Phi) is 3.74. The zero-order chi connectivity index (χ0) is 13.7. The smallest absolute Gasteiger partial charge is 0.214 e. The number of nitrogens with zero attached hydrogens (tertiary/aromatic N) is 1. The van der Waals surface area contributed by atoms with E-state index < -0.39 is 0 Å². The SMILES string of the molecule is C[n+]1cc2c(c3ccccc31)Nc1ccc(Cl)cc1S2.[Cl-]. The van der Waals surface area contributed by atoms with E-state index in [4.69, 9.17) is 11.6 Å². The summed E-state index contributed by atoms with van der Waals surface area (Å²) < 4.78 is 2.17. The van der Waals surface area contributed by atoms with Crippen molar-refractivity contribution in [3.63, 3.8) is 0 Å². The molecule has 106 valence electrons. The van der Waals surface area contributed by atoms with Crippen molar-refractivity contribution in [2.75, 3.05) is 5.32 Å². The van der Waals surface area contributed by atoms with E-state index in [1.807, 2.05) is 18.2 Å². The number of fused-ring (bicyclic) bond motifs is 4. The third kappa shape index (κ3) is 2.35. The summed E-state index contributed by atoms with van der Waals surface area (Å²) in [5, 5.41) is 5.55. The summed E-state index contributed by atoms with van der Waals surface area (Å²) in [4.78, 5) is 2.39. The van der Waals surface area contributed by atoms with Gasteiger partial charge in [-0.15, -0.1) is 0 Å². The average Bonchev–Trinajstić information content (AvgIpc) is 2.46. The summed E-state index contributed by atoms with van der Waals surface area (Å²) >= 11 is 7.84. The average molecular weight is 335 g/mol. The summed E-state index contributed by atoms with van der Waals surface area (Å²) in [5.41, 5.74) is 3.51. The largest absolute Gasteiger partial charge is 1.00 e. The molecular weight excluding hydrogens is 323 g/mol. The zero-order valence-electron chi connectivity index (χ0n) is 11.2. The second kappa shape index (κ2) is 5.41. The molecule has 0 aliphatic carbocycles. The standard InChI is InChI=1S/C16H11ClN2S.ClH/c1-19-9-15-16(11-4-2-3-5-13(11)19)18-12-7-6-10(17)8-14(12)20-15;/h2-9H,1H3;1H. The highest BCUT2D eigenvalue weighted by Gasteiger charge is 2.22. The van der Waals surface area contributed by atoms with E-state index in [2.05, 4.69) is 47.4 Å². The molecule has 2 aromatic carbocycles. The van der Waals surface area contributed by atoms with E-state index in [9.17, 15) is 0 Å². The van der Waals surface area contributed by atoms with E-state index in [1.54, 1.807) is 11.8 Å². The van der Waals surface area contributed by atoms with E-state index >= 15 is 0 Å². The van der Waals surface area contributed by atoms with Crippen LogP contribution in [0.4, 0.5) is 11.4 Å². The van der Waals surface area contributed by atoms with Crippen molar-refractivity contribution in [2.24, 2.45) is 7.05 Å². The fourth-order valence-electron chi connectivity index (χ4n) is 2.58. The van der Waals surface area contributed by atoms with Crippen LogP contribution in [0.1, 0.15) is 0 Å². The van der Waals surface area contributed by atoms with Crippen molar-refractivity contribution in [3.05, 3.63) is 53.7 Å². The molecule has 0 radical (unpaired) electrons. The van der Waals surface area contributed by atoms with E-state index in [0.29, 0.717) is 0 Å². The lowest BCUT2D eigenvalue weighted by Gasteiger charge is -2.21. The highest BCUT2D eigenvalue weighted by atomic mass is 35.5. The number of hydrogen-bond donors (Lipinski definition) is 1. The summed E-state index contributed by atoms with van der Waals surface area (Å²) in [5.74, 6) is 0. The molecule has 2 heterocycles. The van der Waals surface area contributed by atoms with Gasteiger partial charge >= 0.3 is 0 Å². The first-order chi connectivity index (χ1) is 9.72. The number of rotatable bonds is 0. The highest BCUT2D eigenvalue weighted by Crippen LogP contribution is 2.46. The van der Waals surface area contributed by atoms with Gasteiger partial charge in [0.15, 0.2) is 6.20 Å². The van der Waals surface area contributed by atoms with Crippen LogP contribution in [0.3, 0.4) is 0 Å². The second-order valence-electron chi connectivity index (χ2n) is 4.86. The number of nitrogens with one attached hydrogen (secondary N) is 1. The molecule has 0 saturated carbocycles. The van der Waals surface area contributed by atoms with Crippen molar-refractivity contribution < 1.29 is 17.0 Å². The Bertz CT molecular complexity index is 849. The highest BCUT2D eigenvalue weighted by molar-refractivity contribution is 7.99. The number of anilines is 2. The Morgan fingerprint density at radius 3 is 2.76 bits per heavy atom. The van der Waals surface area contributed by atoms with Gasteiger partial charge < -0.3 is 17.7 Å². The van der Waals surface area contributed by atoms with Gasteiger partial charge in [0.05, 0.1) is 16.8 Å². The van der Waals surface area contributed by atoms with Crippen LogP contribution in [0, 0.1) is 0 Å². The molecule has 0 spiro atoms. The molecule has 1 aliphatic rings. The van der Waals surface area contributed by atoms with Gasteiger partial charge in [-0.1, -0.05) is 35.5 Å². The van der Waals surface area contributed by atoms with Crippen LogP contribution in [0.5, 0.6) is 0 Å². The third-order valence-electron chi connectivity index (χ3n) is 3.53. The van der Waals surface area contributed by atoms with Crippen LogP contribution in [-0.4, -0.2) is 0 Å². The van der Waals surface area contributed by atoms with Gasteiger partial charge in [0.1, 0.15) is 11.9 Å². The maximum absolute atomic E-state index is 6.08. The molecule has 1 aromatic heterocycles. The van der Waals surface area contributed by atoms with Crippen LogP contribution in [0.15, 0.2) is 58.5 Å².